The van der Waals surface area contributed by atoms with Crippen LogP contribution < -0.4 is 10.1 Å². The molecule has 124 valence electrons. The van der Waals surface area contributed by atoms with Crippen molar-refractivity contribution in [1.82, 2.24) is 5.32 Å². The van der Waals surface area contributed by atoms with Gasteiger partial charge in [0, 0.05) is 18.0 Å². The summed E-state index contributed by atoms with van der Waals surface area (Å²) in [5, 5.41) is 5.16. The van der Waals surface area contributed by atoms with E-state index < -0.39 is 0 Å². The normalized spacial score (nSPS) is 12.3. The second-order valence-corrected chi connectivity index (χ2v) is 6.09. The molecule has 0 bridgehead atoms. The zero-order chi connectivity index (χ0) is 17.1. The number of rotatable bonds is 5. The van der Waals surface area contributed by atoms with E-state index in [9.17, 15) is 4.39 Å². The van der Waals surface area contributed by atoms with Gasteiger partial charge < -0.3 is 10.1 Å². The van der Waals surface area contributed by atoms with Crippen LogP contribution in [0.4, 0.5) is 4.39 Å². The minimum absolute atomic E-state index is 0.123. The second kappa shape index (κ2) is 7.02. The maximum Gasteiger partial charge on any atom is 0.131 e. The first kappa shape index (κ1) is 16.5. The van der Waals surface area contributed by atoms with Crippen molar-refractivity contribution in [1.29, 1.82) is 0 Å². The predicted molar refractivity (Wildman–Crippen MR) is 96.9 cm³/mol. The minimum Gasteiger partial charge on any atom is -0.496 e. The summed E-state index contributed by atoms with van der Waals surface area (Å²) in [4.78, 5) is 0. The second-order valence-electron chi connectivity index (χ2n) is 6.09. The number of benzene rings is 3. The molecule has 3 heteroatoms. The van der Waals surface area contributed by atoms with Crippen LogP contribution in [0.5, 0.6) is 5.75 Å². The summed E-state index contributed by atoms with van der Waals surface area (Å²) in [6, 6.07) is 17.3. The van der Waals surface area contributed by atoms with Crippen LogP contribution in [0, 0.1) is 12.7 Å². The summed E-state index contributed by atoms with van der Waals surface area (Å²) in [5.74, 6) is 0.726. The van der Waals surface area contributed by atoms with Crippen LogP contribution in [0.15, 0.2) is 54.6 Å². The Balaban J connectivity index is 1.79. The highest BCUT2D eigenvalue weighted by Gasteiger charge is 2.11. The van der Waals surface area contributed by atoms with Crippen LogP contribution >= 0.6 is 0 Å². The van der Waals surface area contributed by atoms with Crippen molar-refractivity contribution in [2.45, 2.75) is 26.4 Å². The Hall–Kier alpha value is -2.39. The SMILES string of the molecule is COc1ccc(CNC(C)c2ccc(F)c3ccccc23)cc1C. The Kier molecular flexibility index (Phi) is 4.81. The average molecular weight is 323 g/mol. The van der Waals surface area contributed by atoms with Gasteiger partial charge in [0.25, 0.3) is 0 Å². The van der Waals surface area contributed by atoms with Gasteiger partial charge in [-0.05, 0) is 48.1 Å². The molecule has 1 atom stereocenters. The monoisotopic (exact) mass is 323 g/mol. The summed E-state index contributed by atoms with van der Waals surface area (Å²) in [6.07, 6.45) is 0. The lowest BCUT2D eigenvalue weighted by Gasteiger charge is -2.17. The molecule has 24 heavy (non-hydrogen) atoms. The Morgan fingerprint density at radius 1 is 1.04 bits per heavy atom. The maximum atomic E-state index is 14.0. The molecule has 0 spiro atoms. The molecule has 2 nitrogen and oxygen atoms in total. The van der Waals surface area contributed by atoms with Crippen LogP contribution in [0.1, 0.15) is 29.7 Å². The Morgan fingerprint density at radius 2 is 1.79 bits per heavy atom. The lowest BCUT2D eigenvalue weighted by Crippen LogP contribution is -2.18. The molecule has 3 aromatic rings. The van der Waals surface area contributed by atoms with Crippen molar-refractivity contribution >= 4 is 10.8 Å². The zero-order valence-electron chi connectivity index (χ0n) is 14.3. The van der Waals surface area contributed by atoms with Crippen molar-refractivity contribution in [2.75, 3.05) is 7.11 Å². The van der Waals surface area contributed by atoms with Crippen LogP contribution in [-0.2, 0) is 6.54 Å². The van der Waals surface area contributed by atoms with Gasteiger partial charge in [-0.3, -0.25) is 0 Å². The number of hydrogen-bond donors (Lipinski definition) is 1. The molecule has 0 amide bonds. The maximum absolute atomic E-state index is 14.0. The quantitative estimate of drug-likeness (QED) is 0.701. The third-order valence-corrected chi connectivity index (χ3v) is 4.44. The molecule has 3 rings (SSSR count). The fourth-order valence-corrected chi connectivity index (χ4v) is 3.09. The zero-order valence-corrected chi connectivity index (χ0v) is 14.3. The van der Waals surface area contributed by atoms with E-state index >= 15 is 0 Å². The van der Waals surface area contributed by atoms with Gasteiger partial charge in [0.15, 0.2) is 0 Å². The van der Waals surface area contributed by atoms with Crippen LogP contribution in [0.2, 0.25) is 0 Å². The molecule has 0 radical (unpaired) electrons. The van der Waals surface area contributed by atoms with Crippen LogP contribution in [0.25, 0.3) is 10.8 Å². The van der Waals surface area contributed by atoms with Gasteiger partial charge in [-0.2, -0.15) is 0 Å². The number of fused-ring (bicyclic) bond motifs is 1. The predicted octanol–water partition coefficient (Wildman–Crippen LogP) is 5.15. The summed E-state index contributed by atoms with van der Waals surface area (Å²) in [5.41, 5.74) is 3.43. The van der Waals surface area contributed by atoms with E-state index in [1.807, 2.05) is 43.3 Å². The fraction of sp³-hybridized carbons (Fsp3) is 0.238. The highest BCUT2D eigenvalue weighted by atomic mass is 19.1. The highest BCUT2D eigenvalue weighted by Crippen LogP contribution is 2.27. The summed E-state index contributed by atoms with van der Waals surface area (Å²) < 4.78 is 19.3. The molecular formula is C21H22FNO. The molecule has 0 heterocycles. The Bertz CT molecular complexity index is 860. The number of hydrogen-bond acceptors (Lipinski definition) is 2. The van der Waals surface area contributed by atoms with E-state index in [1.54, 1.807) is 13.2 Å². The van der Waals surface area contributed by atoms with Gasteiger partial charge in [0.1, 0.15) is 11.6 Å². The molecule has 0 saturated heterocycles. The van der Waals surface area contributed by atoms with Crippen molar-refractivity contribution in [3.63, 3.8) is 0 Å². The summed E-state index contributed by atoms with van der Waals surface area (Å²) in [7, 11) is 1.68. The van der Waals surface area contributed by atoms with Crippen molar-refractivity contribution in [2.24, 2.45) is 0 Å². The fourth-order valence-electron chi connectivity index (χ4n) is 3.09. The van der Waals surface area contributed by atoms with Gasteiger partial charge in [-0.25, -0.2) is 4.39 Å². The molecule has 0 fully saturated rings. The highest BCUT2D eigenvalue weighted by molar-refractivity contribution is 5.86. The topological polar surface area (TPSA) is 21.3 Å². The molecule has 0 aliphatic carbocycles. The average Bonchev–Trinajstić information content (AvgIpc) is 2.60. The van der Waals surface area contributed by atoms with E-state index in [2.05, 4.69) is 24.4 Å². The first-order valence-electron chi connectivity index (χ1n) is 8.14. The van der Waals surface area contributed by atoms with Gasteiger partial charge in [-0.1, -0.05) is 42.5 Å². The number of aryl methyl sites for hydroxylation is 1. The Morgan fingerprint density at radius 3 is 2.50 bits per heavy atom. The summed E-state index contributed by atoms with van der Waals surface area (Å²) in [6.45, 7) is 4.90. The first-order chi connectivity index (χ1) is 11.6. The van der Waals surface area contributed by atoms with Gasteiger partial charge in [0.05, 0.1) is 7.11 Å². The van der Waals surface area contributed by atoms with Crippen molar-refractivity contribution in [3.05, 3.63) is 77.1 Å². The molecule has 0 aliphatic rings. The van der Waals surface area contributed by atoms with E-state index in [-0.39, 0.29) is 11.9 Å². The third-order valence-electron chi connectivity index (χ3n) is 4.44. The molecule has 0 saturated carbocycles. The van der Waals surface area contributed by atoms with E-state index in [1.165, 1.54) is 5.56 Å². The van der Waals surface area contributed by atoms with E-state index in [4.69, 9.17) is 4.74 Å². The number of ether oxygens (including phenoxy) is 1. The number of methoxy groups -OCH3 is 1. The van der Waals surface area contributed by atoms with Crippen molar-refractivity contribution in [3.8, 4) is 5.75 Å². The molecule has 0 aromatic heterocycles. The van der Waals surface area contributed by atoms with Gasteiger partial charge >= 0.3 is 0 Å². The van der Waals surface area contributed by atoms with E-state index in [0.717, 1.165) is 28.8 Å². The summed E-state index contributed by atoms with van der Waals surface area (Å²) >= 11 is 0. The molecule has 3 aromatic carbocycles. The third kappa shape index (κ3) is 3.26. The molecule has 1 N–H and O–H groups in total. The molecule has 0 aliphatic heterocycles. The molecule has 1 unspecified atom stereocenters. The van der Waals surface area contributed by atoms with Crippen molar-refractivity contribution < 1.29 is 9.13 Å². The largest absolute Gasteiger partial charge is 0.496 e. The van der Waals surface area contributed by atoms with Gasteiger partial charge in [-0.15, -0.1) is 0 Å². The standard InChI is InChI=1S/C21H22FNO/c1-14-12-16(8-11-21(14)24-3)13-23-15(2)17-9-10-20(22)19-7-5-4-6-18(17)19/h4-12,15,23H,13H2,1-3H3. The lowest BCUT2D eigenvalue weighted by atomic mass is 9.99. The van der Waals surface area contributed by atoms with Crippen LogP contribution in [0.3, 0.4) is 0 Å². The number of halogens is 1. The smallest absolute Gasteiger partial charge is 0.131 e. The number of nitrogens with one attached hydrogen (secondary N) is 1. The first-order valence-corrected chi connectivity index (χ1v) is 8.14. The Labute approximate surface area is 142 Å². The lowest BCUT2D eigenvalue weighted by molar-refractivity contribution is 0.411. The minimum atomic E-state index is -0.174. The van der Waals surface area contributed by atoms with E-state index in [0.29, 0.717) is 5.39 Å². The van der Waals surface area contributed by atoms with Crippen LogP contribution in [-0.4, -0.2) is 7.11 Å². The van der Waals surface area contributed by atoms with Gasteiger partial charge in [0.2, 0.25) is 0 Å². The molecular weight excluding hydrogens is 301 g/mol.